The van der Waals surface area contributed by atoms with Gasteiger partial charge in [0.15, 0.2) is 5.88 Å². The Morgan fingerprint density at radius 2 is 1.69 bits per heavy atom. The second kappa shape index (κ2) is 12.0. The summed E-state index contributed by atoms with van der Waals surface area (Å²) in [6.45, 7) is 4.51. The number of aromatic hydroxyl groups is 1. The van der Waals surface area contributed by atoms with Crippen molar-refractivity contribution in [3.63, 3.8) is 0 Å². The van der Waals surface area contributed by atoms with Gasteiger partial charge < -0.3 is 20.1 Å². The summed E-state index contributed by atoms with van der Waals surface area (Å²) in [7, 11) is 1.78. The zero-order valence-corrected chi connectivity index (χ0v) is 22.6. The fraction of sp³-hybridized carbons (Fsp3) is 0.267. The summed E-state index contributed by atoms with van der Waals surface area (Å²) in [5, 5.41) is 21.4. The number of amides is 1. The van der Waals surface area contributed by atoms with Crippen molar-refractivity contribution in [3.05, 3.63) is 88.9 Å². The predicted octanol–water partition coefficient (Wildman–Crippen LogP) is 4.27. The Morgan fingerprint density at radius 1 is 1.00 bits per heavy atom. The lowest BCUT2D eigenvalue weighted by molar-refractivity contribution is -0.119. The Balaban J connectivity index is 1.37. The van der Waals surface area contributed by atoms with Crippen LogP contribution < -0.4 is 4.90 Å². The molecular formula is C30H32ClN5O3. The van der Waals surface area contributed by atoms with Crippen molar-refractivity contribution in [1.29, 1.82) is 0 Å². The van der Waals surface area contributed by atoms with Crippen LogP contribution in [0.3, 0.4) is 0 Å². The summed E-state index contributed by atoms with van der Waals surface area (Å²) < 4.78 is 0. The summed E-state index contributed by atoms with van der Waals surface area (Å²) >= 11 is 6.17. The summed E-state index contributed by atoms with van der Waals surface area (Å²) in [6.07, 6.45) is 0. The third-order valence-electron chi connectivity index (χ3n) is 7.12. The van der Waals surface area contributed by atoms with Gasteiger partial charge in [0.1, 0.15) is 0 Å². The molecule has 0 saturated carbocycles. The van der Waals surface area contributed by atoms with Gasteiger partial charge in [0, 0.05) is 61.4 Å². The van der Waals surface area contributed by atoms with Crippen LogP contribution in [-0.2, 0) is 4.79 Å². The number of fused-ring (bicyclic) bond motifs is 1. The molecule has 1 amide bonds. The lowest BCUT2D eigenvalue weighted by atomic mass is 10.0. The van der Waals surface area contributed by atoms with Crippen molar-refractivity contribution in [2.75, 3.05) is 57.8 Å². The highest BCUT2D eigenvalue weighted by Gasteiger charge is 2.21. The number of aromatic amines is 1. The number of H-pyrrole nitrogens is 1. The molecule has 3 N–H and O–H groups in total. The second-order valence-corrected chi connectivity index (χ2v) is 10.1. The molecule has 9 heteroatoms. The van der Waals surface area contributed by atoms with Crippen molar-refractivity contribution in [1.82, 2.24) is 14.8 Å². The van der Waals surface area contributed by atoms with E-state index in [2.05, 4.69) is 14.8 Å². The second-order valence-electron chi connectivity index (χ2n) is 9.68. The maximum atomic E-state index is 13.0. The Labute approximate surface area is 232 Å². The van der Waals surface area contributed by atoms with Crippen LogP contribution in [0.25, 0.3) is 10.9 Å². The van der Waals surface area contributed by atoms with Gasteiger partial charge in [-0.15, -0.1) is 0 Å². The number of anilines is 1. The highest BCUT2D eigenvalue weighted by atomic mass is 35.5. The molecule has 0 radical (unpaired) electrons. The SMILES string of the molecule is CN(C(=O)CN1CCN(CCO)CC1)c1ccc(N=C(c2ccccc2)c2c(O)[nH]c3cc(Cl)ccc23)cc1. The smallest absolute Gasteiger partial charge is 0.240 e. The molecule has 1 aromatic heterocycles. The summed E-state index contributed by atoms with van der Waals surface area (Å²) in [6, 6.07) is 22.7. The van der Waals surface area contributed by atoms with Gasteiger partial charge in [-0.1, -0.05) is 48.0 Å². The third kappa shape index (κ3) is 6.15. The molecule has 8 nitrogen and oxygen atoms in total. The highest BCUT2D eigenvalue weighted by Crippen LogP contribution is 2.33. The number of aliphatic imine (C=N–C) groups is 1. The van der Waals surface area contributed by atoms with Gasteiger partial charge in [0.2, 0.25) is 5.91 Å². The van der Waals surface area contributed by atoms with Crippen molar-refractivity contribution in [2.45, 2.75) is 0 Å². The van der Waals surface area contributed by atoms with E-state index in [4.69, 9.17) is 21.7 Å². The number of hydrogen-bond donors (Lipinski definition) is 3. The molecule has 0 spiro atoms. The number of carbonyl (C=O) groups is 1. The highest BCUT2D eigenvalue weighted by molar-refractivity contribution is 6.31. The van der Waals surface area contributed by atoms with E-state index in [1.807, 2.05) is 60.7 Å². The summed E-state index contributed by atoms with van der Waals surface area (Å²) in [5.41, 5.74) is 4.29. The molecule has 5 rings (SSSR count). The molecule has 2 heterocycles. The Kier molecular flexibility index (Phi) is 8.28. The summed E-state index contributed by atoms with van der Waals surface area (Å²) in [5.74, 6) is 0.0447. The Morgan fingerprint density at radius 3 is 2.38 bits per heavy atom. The number of halogens is 1. The minimum absolute atomic E-state index is 0.0222. The number of aliphatic hydroxyl groups is 1. The van der Waals surface area contributed by atoms with Crippen molar-refractivity contribution >= 4 is 45.5 Å². The van der Waals surface area contributed by atoms with Crippen LogP contribution >= 0.6 is 11.6 Å². The van der Waals surface area contributed by atoms with Crippen LogP contribution in [0.4, 0.5) is 11.4 Å². The number of nitrogens with zero attached hydrogens (tertiary/aromatic N) is 4. The summed E-state index contributed by atoms with van der Waals surface area (Å²) in [4.78, 5) is 26.9. The number of nitrogens with one attached hydrogen (secondary N) is 1. The minimum atomic E-state index is 0.0222. The fourth-order valence-electron chi connectivity index (χ4n) is 4.89. The maximum absolute atomic E-state index is 13.0. The lowest BCUT2D eigenvalue weighted by Crippen LogP contribution is -2.50. The largest absolute Gasteiger partial charge is 0.494 e. The zero-order chi connectivity index (χ0) is 27.4. The number of benzene rings is 3. The predicted molar refractivity (Wildman–Crippen MR) is 157 cm³/mol. The first-order valence-corrected chi connectivity index (χ1v) is 13.4. The first-order valence-electron chi connectivity index (χ1n) is 13.0. The standard InChI is InChI=1S/C30H32ClN5O3/c1-34(27(38)20-36-15-13-35(14-16-36)17-18-37)24-10-8-23(9-11-24)32-29(21-5-3-2-4-6-21)28-25-12-7-22(31)19-26(25)33-30(28)39/h2-12,19,33,37,39H,13-18,20H2,1H3. The molecule has 1 aliphatic heterocycles. The number of rotatable bonds is 8. The van der Waals surface area contributed by atoms with E-state index in [9.17, 15) is 9.90 Å². The number of β-amino-alcohol motifs (C(OH)–C–C–N with tert-alkyl or cyclic N) is 1. The molecule has 0 unspecified atom stereocenters. The van der Waals surface area contributed by atoms with Crippen LogP contribution in [0.5, 0.6) is 5.88 Å². The van der Waals surface area contributed by atoms with Gasteiger partial charge in [-0.2, -0.15) is 0 Å². The van der Waals surface area contributed by atoms with Crippen LogP contribution in [-0.4, -0.2) is 89.5 Å². The molecule has 0 atom stereocenters. The molecule has 4 aromatic rings. The molecule has 1 aliphatic rings. The Hall–Kier alpha value is -3.69. The number of hydrogen-bond acceptors (Lipinski definition) is 6. The topological polar surface area (TPSA) is 95.4 Å². The van der Waals surface area contributed by atoms with E-state index in [0.29, 0.717) is 35.1 Å². The average molecular weight is 546 g/mol. The van der Waals surface area contributed by atoms with E-state index in [1.54, 1.807) is 24.1 Å². The van der Waals surface area contributed by atoms with Gasteiger partial charge in [-0.25, -0.2) is 4.99 Å². The molecule has 0 bridgehead atoms. The third-order valence-corrected chi connectivity index (χ3v) is 7.35. The zero-order valence-electron chi connectivity index (χ0n) is 21.8. The molecule has 39 heavy (non-hydrogen) atoms. The van der Waals surface area contributed by atoms with Crippen LogP contribution in [0.15, 0.2) is 77.8 Å². The van der Waals surface area contributed by atoms with Gasteiger partial charge in [0.05, 0.1) is 35.6 Å². The first-order chi connectivity index (χ1) is 18.9. The van der Waals surface area contributed by atoms with E-state index >= 15 is 0 Å². The van der Waals surface area contributed by atoms with Crippen LogP contribution in [0.1, 0.15) is 11.1 Å². The van der Waals surface area contributed by atoms with Crippen molar-refractivity contribution < 1.29 is 15.0 Å². The number of likely N-dealkylation sites (N-methyl/N-ethyl adjacent to an activating group) is 1. The van der Waals surface area contributed by atoms with Crippen molar-refractivity contribution in [3.8, 4) is 5.88 Å². The molecule has 202 valence electrons. The number of piperazine rings is 1. The molecule has 0 aliphatic carbocycles. The van der Waals surface area contributed by atoms with E-state index < -0.39 is 0 Å². The van der Waals surface area contributed by atoms with Gasteiger partial charge in [0.25, 0.3) is 0 Å². The quantitative estimate of drug-likeness (QED) is 0.287. The maximum Gasteiger partial charge on any atom is 0.240 e. The number of carbonyl (C=O) groups excluding carboxylic acids is 1. The monoisotopic (exact) mass is 545 g/mol. The molecular weight excluding hydrogens is 514 g/mol. The number of aromatic nitrogens is 1. The first kappa shape index (κ1) is 26.9. The van der Waals surface area contributed by atoms with E-state index in [-0.39, 0.29) is 18.4 Å². The van der Waals surface area contributed by atoms with Gasteiger partial charge >= 0.3 is 0 Å². The normalized spacial score (nSPS) is 15.1. The van der Waals surface area contributed by atoms with Crippen molar-refractivity contribution in [2.24, 2.45) is 4.99 Å². The Bertz CT molecular complexity index is 1460. The molecule has 1 saturated heterocycles. The van der Waals surface area contributed by atoms with Crippen LogP contribution in [0.2, 0.25) is 5.02 Å². The van der Waals surface area contributed by atoms with E-state index in [1.165, 1.54) is 0 Å². The van der Waals surface area contributed by atoms with Crippen LogP contribution in [0, 0.1) is 0 Å². The minimum Gasteiger partial charge on any atom is -0.494 e. The fourth-order valence-corrected chi connectivity index (χ4v) is 5.06. The van der Waals surface area contributed by atoms with E-state index in [0.717, 1.165) is 48.3 Å². The lowest BCUT2D eigenvalue weighted by Gasteiger charge is -2.34. The molecule has 1 fully saturated rings. The molecule has 3 aromatic carbocycles. The number of aliphatic hydroxyl groups excluding tert-OH is 1. The average Bonchev–Trinajstić information content (AvgIpc) is 3.27. The van der Waals surface area contributed by atoms with Gasteiger partial charge in [-0.3, -0.25) is 14.6 Å². The van der Waals surface area contributed by atoms with Gasteiger partial charge in [-0.05, 0) is 36.4 Å².